The Morgan fingerprint density at radius 1 is 1.03 bits per heavy atom. The van der Waals surface area contributed by atoms with Gasteiger partial charge in [0.25, 0.3) is 5.91 Å². The molecule has 0 aromatic heterocycles. The fourth-order valence-electron chi connectivity index (χ4n) is 3.59. The molecule has 0 fully saturated rings. The van der Waals surface area contributed by atoms with E-state index in [9.17, 15) is 14.7 Å². The van der Waals surface area contributed by atoms with Crippen LogP contribution in [0.1, 0.15) is 27.9 Å². The molecule has 0 spiro atoms. The molecule has 1 aliphatic rings. The Morgan fingerprint density at radius 2 is 1.72 bits per heavy atom. The number of amides is 1. The number of benzene rings is 3. The zero-order valence-electron chi connectivity index (χ0n) is 15.3. The number of halogens is 2. The molecule has 29 heavy (non-hydrogen) atoms. The smallest absolute Gasteiger partial charge is 0.264 e. The molecule has 0 bridgehead atoms. The summed E-state index contributed by atoms with van der Waals surface area (Å²) >= 11 is 9.29. The lowest BCUT2D eigenvalue weighted by Crippen LogP contribution is -2.41. The number of Topliss-reactive ketones (excluding diaryl/α,β-unsaturated/α-hetero) is 1. The molecule has 0 aliphatic carbocycles. The van der Waals surface area contributed by atoms with E-state index < -0.39 is 11.5 Å². The maximum Gasteiger partial charge on any atom is 0.264 e. The van der Waals surface area contributed by atoms with E-state index in [2.05, 4.69) is 15.9 Å². The van der Waals surface area contributed by atoms with Crippen molar-refractivity contribution < 1.29 is 14.7 Å². The Labute approximate surface area is 181 Å². The highest BCUT2D eigenvalue weighted by Gasteiger charge is 2.51. The third-order valence-corrected chi connectivity index (χ3v) is 5.81. The molecule has 6 heteroatoms. The molecule has 146 valence electrons. The van der Waals surface area contributed by atoms with Gasteiger partial charge >= 0.3 is 0 Å². The molecule has 3 aromatic rings. The molecule has 1 N–H and O–H groups in total. The highest BCUT2D eigenvalue weighted by Crippen LogP contribution is 2.44. The van der Waals surface area contributed by atoms with Crippen LogP contribution in [0.25, 0.3) is 0 Å². The number of rotatable bonds is 5. The van der Waals surface area contributed by atoms with Crippen molar-refractivity contribution in [3.8, 4) is 0 Å². The molecule has 4 rings (SSSR count). The number of hydrogen-bond donors (Lipinski definition) is 1. The Balaban J connectivity index is 1.71. The maximum absolute atomic E-state index is 13.3. The summed E-state index contributed by atoms with van der Waals surface area (Å²) in [5.74, 6) is -0.832. The van der Waals surface area contributed by atoms with E-state index in [1.807, 2.05) is 36.4 Å². The van der Waals surface area contributed by atoms with Crippen molar-refractivity contribution >= 4 is 44.9 Å². The summed E-state index contributed by atoms with van der Waals surface area (Å²) in [5, 5.41) is 11.9. The lowest BCUT2D eigenvalue weighted by molar-refractivity contribution is -0.136. The van der Waals surface area contributed by atoms with Crippen LogP contribution in [-0.4, -0.2) is 16.8 Å². The molecule has 0 radical (unpaired) electrons. The van der Waals surface area contributed by atoms with E-state index in [0.717, 1.165) is 10.0 Å². The van der Waals surface area contributed by atoms with Gasteiger partial charge in [-0.25, -0.2) is 0 Å². The number of carbonyl (C=O) groups is 2. The minimum atomic E-state index is -1.93. The van der Waals surface area contributed by atoms with Crippen LogP contribution in [-0.2, 0) is 16.9 Å². The van der Waals surface area contributed by atoms with Gasteiger partial charge < -0.3 is 10.0 Å². The van der Waals surface area contributed by atoms with E-state index in [1.54, 1.807) is 36.4 Å². The fraction of sp³-hybridized carbons (Fsp3) is 0.130. The van der Waals surface area contributed by atoms with Gasteiger partial charge in [-0.3, -0.25) is 9.59 Å². The Kier molecular flexibility index (Phi) is 5.30. The predicted molar refractivity (Wildman–Crippen MR) is 116 cm³/mol. The van der Waals surface area contributed by atoms with Crippen molar-refractivity contribution in [1.82, 2.24) is 0 Å². The monoisotopic (exact) mass is 469 g/mol. The second kappa shape index (κ2) is 7.75. The molecular weight excluding hydrogens is 454 g/mol. The van der Waals surface area contributed by atoms with Crippen LogP contribution in [0.5, 0.6) is 0 Å². The topological polar surface area (TPSA) is 57.6 Å². The highest BCUT2D eigenvalue weighted by atomic mass is 79.9. The quantitative estimate of drug-likeness (QED) is 0.527. The number of aliphatic hydroxyl groups is 1. The molecule has 0 saturated carbocycles. The van der Waals surface area contributed by atoms with Crippen molar-refractivity contribution in [3.05, 3.63) is 99.0 Å². The van der Waals surface area contributed by atoms with Gasteiger partial charge in [-0.1, -0.05) is 57.9 Å². The van der Waals surface area contributed by atoms with Crippen molar-refractivity contribution in [1.29, 1.82) is 0 Å². The van der Waals surface area contributed by atoms with Crippen molar-refractivity contribution in [2.75, 3.05) is 4.90 Å². The Bertz CT molecular complexity index is 1090. The average Bonchev–Trinajstić information content (AvgIpc) is 2.91. The van der Waals surface area contributed by atoms with Crippen LogP contribution in [0.2, 0.25) is 5.02 Å². The van der Waals surface area contributed by atoms with Gasteiger partial charge in [0.1, 0.15) is 0 Å². The molecule has 4 nitrogen and oxygen atoms in total. The molecule has 1 atom stereocenters. The van der Waals surface area contributed by atoms with Gasteiger partial charge in [-0.05, 0) is 48.0 Å². The second-order valence-corrected chi connectivity index (χ2v) is 8.36. The lowest BCUT2D eigenvalue weighted by atomic mass is 9.88. The highest BCUT2D eigenvalue weighted by molar-refractivity contribution is 9.10. The van der Waals surface area contributed by atoms with Crippen LogP contribution in [0.15, 0.2) is 77.3 Å². The van der Waals surface area contributed by atoms with Gasteiger partial charge in [0, 0.05) is 20.6 Å². The second-order valence-electron chi connectivity index (χ2n) is 7.01. The Hall–Kier alpha value is -2.47. The van der Waals surface area contributed by atoms with E-state index in [-0.39, 0.29) is 12.2 Å². The first-order valence-corrected chi connectivity index (χ1v) is 10.2. The molecular formula is C23H17BrClNO3. The summed E-state index contributed by atoms with van der Waals surface area (Å²) in [7, 11) is 0. The van der Waals surface area contributed by atoms with Crippen LogP contribution in [0.4, 0.5) is 5.69 Å². The largest absolute Gasteiger partial charge is 0.375 e. The predicted octanol–water partition coefficient (Wildman–Crippen LogP) is 5.11. The molecule has 1 heterocycles. The first-order chi connectivity index (χ1) is 13.9. The van der Waals surface area contributed by atoms with E-state index in [4.69, 9.17) is 11.6 Å². The van der Waals surface area contributed by atoms with Gasteiger partial charge in [-0.15, -0.1) is 0 Å². The van der Waals surface area contributed by atoms with Crippen LogP contribution < -0.4 is 4.90 Å². The number of carbonyl (C=O) groups excluding carboxylic acids is 2. The zero-order valence-corrected chi connectivity index (χ0v) is 17.7. The summed E-state index contributed by atoms with van der Waals surface area (Å²) in [6, 6.07) is 21.3. The lowest BCUT2D eigenvalue weighted by Gasteiger charge is -2.23. The maximum atomic E-state index is 13.3. The van der Waals surface area contributed by atoms with Gasteiger partial charge in [0.05, 0.1) is 18.7 Å². The van der Waals surface area contributed by atoms with Gasteiger partial charge in [-0.2, -0.15) is 0 Å². The van der Waals surface area contributed by atoms with Crippen LogP contribution in [0.3, 0.4) is 0 Å². The van der Waals surface area contributed by atoms with Crippen LogP contribution >= 0.6 is 27.5 Å². The van der Waals surface area contributed by atoms with Crippen LogP contribution in [0, 0.1) is 0 Å². The first-order valence-electron chi connectivity index (χ1n) is 9.05. The summed E-state index contributed by atoms with van der Waals surface area (Å²) in [6.07, 6.45) is -0.345. The zero-order chi connectivity index (χ0) is 20.6. The van der Waals surface area contributed by atoms with Crippen molar-refractivity contribution in [2.45, 2.75) is 18.6 Å². The van der Waals surface area contributed by atoms with E-state index in [0.29, 0.717) is 28.4 Å². The first kappa shape index (κ1) is 19.8. The number of anilines is 1. The standard InChI is InChI=1S/C23H17BrClNO3/c24-17-8-11-20-19(12-17)23(29,13-21(27)16-6-9-18(25)10-7-16)22(28)26(20)14-15-4-2-1-3-5-15/h1-12,29H,13-14H2/t23-/m1/s1. The average molecular weight is 471 g/mol. The van der Waals surface area contributed by atoms with Gasteiger partial charge in [0.2, 0.25) is 0 Å². The minimum Gasteiger partial charge on any atom is -0.375 e. The molecule has 0 unspecified atom stereocenters. The van der Waals surface area contributed by atoms with E-state index in [1.165, 1.54) is 4.90 Å². The summed E-state index contributed by atoms with van der Waals surface area (Å²) in [5.41, 5.74) is 0.435. The fourth-order valence-corrected chi connectivity index (χ4v) is 4.07. The third-order valence-electron chi connectivity index (χ3n) is 5.06. The van der Waals surface area contributed by atoms with Crippen molar-refractivity contribution in [2.24, 2.45) is 0 Å². The van der Waals surface area contributed by atoms with E-state index >= 15 is 0 Å². The molecule has 1 amide bonds. The summed E-state index contributed by atoms with van der Waals surface area (Å²) in [6.45, 7) is 0.311. The number of fused-ring (bicyclic) bond motifs is 1. The Morgan fingerprint density at radius 3 is 2.41 bits per heavy atom. The number of nitrogens with zero attached hydrogens (tertiary/aromatic N) is 1. The summed E-state index contributed by atoms with van der Waals surface area (Å²) in [4.78, 5) is 27.7. The van der Waals surface area contributed by atoms with Crippen molar-refractivity contribution in [3.63, 3.8) is 0 Å². The normalized spacial score (nSPS) is 18.0. The summed E-state index contributed by atoms with van der Waals surface area (Å²) < 4.78 is 0.725. The molecule has 0 saturated heterocycles. The molecule has 3 aromatic carbocycles. The molecule has 1 aliphatic heterocycles. The SMILES string of the molecule is O=C(C[C@]1(O)C(=O)N(Cc2ccccc2)c2ccc(Br)cc21)c1ccc(Cl)cc1. The minimum absolute atomic E-state index is 0.311. The third kappa shape index (κ3) is 3.73. The number of ketones is 1. The number of hydrogen-bond acceptors (Lipinski definition) is 3. The van der Waals surface area contributed by atoms with Gasteiger partial charge in [0.15, 0.2) is 11.4 Å².